The quantitative estimate of drug-likeness (QED) is 0.0972. The second-order valence-corrected chi connectivity index (χ2v) is 11.4. The molecule has 0 N–H and O–H groups in total. The van der Waals surface area contributed by atoms with E-state index in [4.69, 9.17) is 0 Å². The van der Waals surface area contributed by atoms with Crippen LogP contribution in [0.2, 0.25) is 0 Å². The zero-order chi connectivity index (χ0) is 29.7. The predicted octanol–water partition coefficient (Wildman–Crippen LogP) is 10.9. The van der Waals surface area contributed by atoms with Gasteiger partial charge in [-0.2, -0.15) is 0 Å². The second kappa shape index (κ2) is 11.4. The third kappa shape index (κ3) is 4.78. The van der Waals surface area contributed by atoms with E-state index in [1.807, 2.05) is 60.7 Å². The van der Waals surface area contributed by atoms with Crippen molar-refractivity contribution < 1.29 is 26.3 Å². The van der Waals surface area contributed by atoms with Crippen LogP contribution in [0.4, 0.5) is 26.3 Å². The van der Waals surface area contributed by atoms with Crippen molar-refractivity contribution in [2.75, 3.05) is 5.33 Å². The maximum atomic E-state index is 14.5. The highest BCUT2D eigenvalue weighted by Gasteiger charge is 2.36. The van der Waals surface area contributed by atoms with Crippen LogP contribution in [0.1, 0.15) is 33.7 Å². The smallest absolute Gasteiger partial charge is 0.194 e. The fourth-order valence-corrected chi connectivity index (χ4v) is 7.36. The van der Waals surface area contributed by atoms with Gasteiger partial charge in [0.2, 0.25) is 0 Å². The molecule has 0 bridgehead atoms. The fraction of sp³-hybridized carbons (Fsp3) is 0.118. The van der Waals surface area contributed by atoms with Crippen LogP contribution in [-0.4, -0.2) is 5.33 Å². The standard InChI is InChI=1S/C34H20Br2F6/c35-15-25-23(19-11-27(37)33(41)28(38)12-19)9-17-5-1-3-7-21(17)31(25)32-22-8-4-2-6-18(22)10-24(26(32)16-36)20-13-29(39)34(42)30(40)14-20/h1-14,25,31H,15-16H2. The minimum Gasteiger partial charge on any atom is -0.204 e. The minimum atomic E-state index is -1.55. The van der Waals surface area contributed by atoms with Gasteiger partial charge in [0.1, 0.15) is 0 Å². The van der Waals surface area contributed by atoms with Gasteiger partial charge < -0.3 is 0 Å². The van der Waals surface area contributed by atoms with Crippen molar-refractivity contribution in [3.63, 3.8) is 0 Å². The summed E-state index contributed by atoms with van der Waals surface area (Å²) in [6.45, 7) is 0. The molecule has 0 aromatic heterocycles. The maximum absolute atomic E-state index is 14.5. The van der Waals surface area contributed by atoms with E-state index in [2.05, 4.69) is 31.9 Å². The fourth-order valence-electron chi connectivity index (χ4n) is 6.03. The Hall–Kier alpha value is -3.36. The molecule has 1 aliphatic carbocycles. The summed E-state index contributed by atoms with van der Waals surface area (Å²) < 4.78 is 85.7. The van der Waals surface area contributed by atoms with Crippen LogP contribution in [0.3, 0.4) is 0 Å². The molecule has 5 aromatic carbocycles. The molecule has 0 amide bonds. The topological polar surface area (TPSA) is 0 Å². The van der Waals surface area contributed by atoms with Gasteiger partial charge in [0, 0.05) is 22.5 Å². The van der Waals surface area contributed by atoms with Crippen molar-refractivity contribution in [3.05, 3.63) is 142 Å². The van der Waals surface area contributed by atoms with E-state index in [-0.39, 0.29) is 22.4 Å². The van der Waals surface area contributed by atoms with Gasteiger partial charge in [0.15, 0.2) is 34.9 Å². The van der Waals surface area contributed by atoms with E-state index >= 15 is 0 Å². The Morgan fingerprint density at radius 2 is 1.21 bits per heavy atom. The molecule has 8 heteroatoms. The summed E-state index contributed by atoms with van der Waals surface area (Å²) in [4.78, 5) is 0. The Morgan fingerprint density at radius 3 is 1.83 bits per heavy atom. The molecule has 0 saturated heterocycles. The Kier molecular flexibility index (Phi) is 7.79. The van der Waals surface area contributed by atoms with Crippen LogP contribution in [0.5, 0.6) is 0 Å². The summed E-state index contributed by atoms with van der Waals surface area (Å²) in [6.07, 6.45) is 1.86. The number of hydrogen-bond acceptors (Lipinski definition) is 0. The van der Waals surface area contributed by atoms with E-state index in [0.717, 1.165) is 57.3 Å². The van der Waals surface area contributed by atoms with Crippen LogP contribution < -0.4 is 0 Å². The number of fused-ring (bicyclic) bond motifs is 2. The molecule has 6 rings (SSSR count). The molecular weight excluding hydrogens is 682 g/mol. The number of hydrogen-bond donors (Lipinski definition) is 0. The lowest BCUT2D eigenvalue weighted by Gasteiger charge is -2.36. The largest absolute Gasteiger partial charge is 0.204 e. The monoisotopic (exact) mass is 700 g/mol. The van der Waals surface area contributed by atoms with Gasteiger partial charge in [-0.3, -0.25) is 0 Å². The molecule has 0 heterocycles. The lowest BCUT2D eigenvalue weighted by atomic mass is 9.68. The molecule has 2 unspecified atom stereocenters. The molecule has 0 saturated carbocycles. The van der Waals surface area contributed by atoms with Crippen LogP contribution in [0.15, 0.2) is 78.9 Å². The van der Waals surface area contributed by atoms with Crippen molar-refractivity contribution in [3.8, 4) is 11.1 Å². The van der Waals surface area contributed by atoms with E-state index in [1.165, 1.54) is 0 Å². The summed E-state index contributed by atoms with van der Waals surface area (Å²) in [5.74, 6) is -9.05. The molecule has 1 aliphatic rings. The van der Waals surface area contributed by atoms with Crippen molar-refractivity contribution in [1.82, 2.24) is 0 Å². The first-order valence-electron chi connectivity index (χ1n) is 13.0. The van der Waals surface area contributed by atoms with Crippen molar-refractivity contribution >= 4 is 54.3 Å². The third-order valence-corrected chi connectivity index (χ3v) is 9.13. The molecule has 5 aromatic rings. The molecule has 0 nitrogen and oxygen atoms in total. The Bertz CT molecular complexity index is 1850. The normalized spacial score (nSPS) is 16.4. The number of alkyl halides is 2. The Balaban J connectivity index is 1.69. The highest BCUT2D eigenvalue weighted by molar-refractivity contribution is 9.09. The summed E-state index contributed by atoms with van der Waals surface area (Å²) in [6, 6.07) is 21.0. The first kappa shape index (κ1) is 28.7. The zero-order valence-corrected chi connectivity index (χ0v) is 24.8. The van der Waals surface area contributed by atoms with Crippen LogP contribution >= 0.6 is 31.9 Å². The number of rotatable bonds is 5. The second-order valence-electron chi connectivity index (χ2n) is 10.1. The zero-order valence-electron chi connectivity index (χ0n) is 21.7. The van der Waals surface area contributed by atoms with E-state index in [1.54, 1.807) is 0 Å². The molecule has 0 fully saturated rings. The maximum Gasteiger partial charge on any atom is 0.194 e. The van der Waals surface area contributed by atoms with Crippen molar-refractivity contribution in [1.29, 1.82) is 0 Å². The average molecular weight is 702 g/mol. The summed E-state index contributed by atoms with van der Waals surface area (Å²) >= 11 is 7.24. The number of benzene rings is 5. The lowest BCUT2D eigenvalue weighted by molar-refractivity contribution is 0.446. The van der Waals surface area contributed by atoms with Gasteiger partial charge in [-0.25, -0.2) is 26.3 Å². The first-order chi connectivity index (χ1) is 20.2. The van der Waals surface area contributed by atoms with Gasteiger partial charge in [0.25, 0.3) is 0 Å². The van der Waals surface area contributed by atoms with Crippen molar-refractivity contribution in [2.24, 2.45) is 5.92 Å². The van der Waals surface area contributed by atoms with Crippen LogP contribution in [0, 0.1) is 40.8 Å². The van der Waals surface area contributed by atoms with Crippen LogP contribution in [0.25, 0.3) is 33.5 Å². The molecule has 0 aliphatic heterocycles. The molecule has 42 heavy (non-hydrogen) atoms. The lowest BCUT2D eigenvalue weighted by Crippen LogP contribution is -2.23. The van der Waals surface area contributed by atoms with Gasteiger partial charge in [-0.15, -0.1) is 0 Å². The third-order valence-electron chi connectivity index (χ3n) is 7.87. The van der Waals surface area contributed by atoms with E-state index in [0.29, 0.717) is 16.5 Å². The van der Waals surface area contributed by atoms with Gasteiger partial charge in [-0.05, 0) is 85.6 Å². The van der Waals surface area contributed by atoms with E-state index in [9.17, 15) is 26.3 Å². The minimum absolute atomic E-state index is 0.172. The van der Waals surface area contributed by atoms with Crippen LogP contribution in [-0.2, 0) is 5.33 Å². The number of allylic oxidation sites excluding steroid dienone is 1. The highest BCUT2D eigenvalue weighted by Crippen LogP contribution is 2.51. The number of halogens is 8. The van der Waals surface area contributed by atoms with Gasteiger partial charge in [0.05, 0.1) is 0 Å². The Labute approximate surface area is 255 Å². The summed E-state index contributed by atoms with van der Waals surface area (Å²) in [5, 5.41) is 2.33. The van der Waals surface area contributed by atoms with Gasteiger partial charge in [-0.1, -0.05) is 86.5 Å². The SMILES string of the molecule is Fc1cc(C2=Cc3ccccc3C(c3c(CBr)c(-c4cc(F)c(F)c(F)c4)cc4ccccc34)C2CBr)cc(F)c1F. The molecule has 2 atom stereocenters. The molecule has 0 spiro atoms. The van der Waals surface area contributed by atoms with E-state index < -0.39 is 40.8 Å². The average Bonchev–Trinajstić information content (AvgIpc) is 3.00. The predicted molar refractivity (Wildman–Crippen MR) is 162 cm³/mol. The summed E-state index contributed by atoms with van der Waals surface area (Å²) in [7, 11) is 0. The van der Waals surface area contributed by atoms with Crippen molar-refractivity contribution in [2.45, 2.75) is 11.2 Å². The van der Waals surface area contributed by atoms with Gasteiger partial charge >= 0.3 is 0 Å². The molecular formula is C34H20Br2F6. The highest BCUT2D eigenvalue weighted by atomic mass is 79.9. The Morgan fingerprint density at radius 1 is 0.643 bits per heavy atom. The first-order valence-corrected chi connectivity index (χ1v) is 15.2. The summed E-state index contributed by atoms with van der Waals surface area (Å²) in [5.41, 5.74) is 4.81. The molecule has 212 valence electrons. The molecule has 0 radical (unpaired) electrons.